The Kier molecular flexibility index (Phi) is 3.36. The second-order valence-electron chi connectivity index (χ2n) is 2.60. The first-order valence-electron chi connectivity index (χ1n) is 3.64. The molecular weight excluding hydrogens is 176 g/mol. The average Bonchev–Trinajstić information content (AvgIpc) is 2.47. The summed E-state index contributed by atoms with van der Waals surface area (Å²) >= 11 is 1.48. The van der Waals surface area contributed by atoms with Crippen LogP contribution in [0.5, 0.6) is 0 Å². The summed E-state index contributed by atoms with van der Waals surface area (Å²) in [4.78, 5) is 3.91. The predicted molar refractivity (Wildman–Crippen MR) is 47.8 cm³/mol. The zero-order valence-corrected chi connectivity index (χ0v) is 7.64. The van der Waals surface area contributed by atoms with Crippen molar-refractivity contribution in [2.45, 2.75) is 12.1 Å². The number of nitrogen functional groups attached to an aromatic ring is 1. The maximum Gasteiger partial charge on any atom is 0.216 e. The molecule has 0 aliphatic rings. The minimum Gasteiger partial charge on any atom is -0.396 e. The van der Waals surface area contributed by atoms with Crippen molar-refractivity contribution in [2.24, 2.45) is 5.92 Å². The number of aliphatic hydroxyl groups excluding tert-OH is 1. The molecule has 0 saturated carbocycles. The SMILES string of the molecule is CC(CO)CSc1n[nH]c(N)n1. The highest BCUT2D eigenvalue weighted by Gasteiger charge is 2.04. The average molecular weight is 188 g/mol. The van der Waals surface area contributed by atoms with E-state index in [0.29, 0.717) is 11.1 Å². The highest BCUT2D eigenvalue weighted by atomic mass is 32.2. The van der Waals surface area contributed by atoms with E-state index in [0.717, 1.165) is 5.75 Å². The number of rotatable bonds is 4. The van der Waals surface area contributed by atoms with Crippen molar-refractivity contribution in [3.63, 3.8) is 0 Å². The van der Waals surface area contributed by atoms with Crippen molar-refractivity contribution in [3.05, 3.63) is 0 Å². The van der Waals surface area contributed by atoms with Crippen LogP contribution in [0.1, 0.15) is 6.92 Å². The molecule has 1 aromatic heterocycles. The molecule has 6 heteroatoms. The predicted octanol–water partition coefficient (Wildman–Crippen LogP) is 0.107. The third-order valence-corrected chi connectivity index (χ3v) is 2.47. The molecule has 0 aliphatic heterocycles. The van der Waals surface area contributed by atoms with E-state index < -0.39 is 0 Å². The van der Waals surface area contributed by atoms with Gasteiger partial charge in [0.2, 0.25) is 11.1 Å². The van der Waals surface area contributed by atoms with Gasteiger partial charge in [0.15, 0.2) is 0 Å². The number of nitrogens with two attached hydrogens (primary N) is 1. The number of anilines is 1. The largest absolute Gasteiger partial charge is 0.396 e. The third-order valence-electron chi connectivity index (χ3n) is 1.29. The van der Waals surface area contributed by atoms with Crippen LogP contribution in [0, 0.1) is 5.92 Å². The Morgan fingerprint density at radius 3 is 3.00 bits per heavy atom. The summed E-state index contributed by atoms with van der Waals surface area (Å²) < 4.78 is 0. The van der Waals surface area contributed by atoms with Gasteiger partial charge in [-0.15, -0.1) is 5.10 Å². The second-order valence-corrected chi connectivity index (χ2v) is 3.59. The molecule has 5 nitrogen and oxygen atoms in total. The summed E-state index contributed by atoms with van der Waals surface area (Å²) in [5, 5.41) is 15.7. The molecule has 68 valence electrons. The van der Waals surface area contributed by atoms with E-state index in [4.69, 9.17) is 10.8 Å². The molecule has 0 spiro atoms. The fourth-order valence-corrected chi connectivity index (χ4v) is 1.40. The quantitative estimate of drug-likeness (QED) is 0.583. The van der Waals surface area contributed by atoms with Gasteiger partial charge < -0.3 is 10.8 Å². The second kappa shape index (κ2) is 4.32. The molecule has 0 fully saturated rings. The summed E-state index contributed by atoms with van der Waals surface area (Å²) in [6.45, 7) is 2.15. The maximum atomic E-state index is 8.73. The van der Waals surface area contributed by atoms with Crippen LogP contribution in [-0.4, -0.2) is 32.6 Å². The molecule has 1 rings (SSSR count). The van der Waals surface area contributed by atoms with Crippen LogP contribution in [0.15, 0.2) is 5.16 Å². The van der Waals surface area contributed by atoms with Crippen LogP contribution in [-0.2, 0) is 0 Å². The van der Waals surface area contributed by atoms with Crippen LogP contribution in [0.4, 0.5) is 5.95 Å². The Bertz CT molecular complexity index is 239. The van der Waals surface area contributed by atoms with Gasteiger partial charge in [0.05, 0.1) is 0 Å². The van der Waals surface area contributed by atoms with E-state index in [1.165, 1.54) is 11.8 Å². The summed E-state index contributed by atoms with van der Waals surface area (Å²) in [7, 11) is 0. The normalized spacial score (nSPS) is 13.2. The van der Waals surface area contributed by atoms with E-state index >= 15 is 0 Å². The summed E-state index contributed by atoms with van der Waals surface area (Å²) in [5.74, 6) is 1.39. The summed E-state index contributed by atoms with van der Waals surface area (Å²) in [6.07, 6.45) is 0. The molecule has 0 aliphatic carbocycles. The van der Waals surface area contributed by atoms with Crippen molar-refractivity contribution in [1.29, 1.82) is 0 Å². The fourth-order valence-electron chi connectivity index (χ4n) is 0.592. The number of hydrogen-bond donors (Lipinski definition) is 3. The zero-order chi connectivity index (χ0) is 8.97. The number of thioether (sulfide) groups is 1. The van der Waals surface area contributed by atoms with Gasteiger partial charge in [0.1, 0.15) is 0 Å². The molecule has 0 saturated heterocycles. The molecule has 0 radical (unpaired) electrons. The number of hydrogen-bond acceptors (Lipinski definition) is 5. The lowest BCUT2D eigenvalue weighted by molar-refractivity contribution is 0.250. The maximum absolute atomic E-state index is 8.73. The number of aromatic amines is 1. The van der Waals surface area contributed by atoms with Crippen LogP contribution in [0.2, 0.25) is 0 Å². The van der Waals surface area contributed by atoms with Gasteiger partial charge in [-0.2, -0.15) is 4.98 Å². The van der Waals surface area contributed by atoms with Crippen molar-refractivity contribution < 1.29 is 5.11 Å². The lowest BCUT2D eigenvalue weighted by Gasteiger charge is -2.03. The molecule has 1 unspecified atom stereocenters. The van der Waals surface area contributed by atoms with E-state index in [2.05, 4.69) is 15.2 Å². The molecule has 0 aromatic carbocycles. The Balaban J connectivity index is 2.33. The Hall–Kier alpha value is -0.750. The number of nitrogens with zero attached hydrogens (tertiary/aromatic N) is 2. The minimum absolute atomic E-state index is 0.187. The van der Waals surface area contributed by atoms with E-state index in [1.54, 1.807) is 0 Å². The van der Waals surface area contributed by atoms with E-state index in [1.807, 2.05) is 6.92 Å². The molecule has 1 heterocycles. The first kappa shape index (κ1) is 9.34. The zero-order valence-electron chi connectivity index (χ0n) is 6.82. The smallest absolute Gasteiger partial charge is 0.216 e. The lowest BCUT2D eigenvalue weighted by atomic mass is 10.2. The molecule has 1 aromatic rings. The monoisotopic (exact) mass is 188 g/mol. The number of aliphatic hydroxyl groups is 1. The molecule has 4 N–H and O–H groups in total. The number of aromatic nitrogens is 3. The van der Waals surface area contributed by atoms with Crippen LogP contribution in [0.3, 0.4) is 0 Å². The molecule has 0 amide bonds. The molecular formula is C6H12N4OS. The van der Waals surface area contributed by atoms with Gasteiger partial charge in [-0.25, -0.2) is 5.10 Å². The molecule has 0 bridgehead atoms. The topological polar surface area (TPSA) is 87.8 Å². The van der Waals surface area contributed by atoms with Gasteiger partial charge in [-0.3, -0.25) is 0 Å². The molecule has 1 atom stereocenters. The first-order valence-corrected chi connectivity index (χ1v) is 4.62. The van der Waals surface area contributed by atoms with Gasteiger partial charge in [0.25, 0.3) is 0 Å². The third kappa shape index (κ3) is 2.71. The Morgan fingerprint density at radius 1 is 1.75 bits per heavy atom. The standard InChI is InChI=1S/C6H12N4OS/c1-4(2-11)3-12-6-8-5(7)9-10-6/h4,11H,2-3H2,1H3,(H3,7,8,9,10). The Morgan fingerprint density at radius 2 is 2.50 bits per heavy atom. The Labute approximate surface area is 74.8 Å². The number of H-pyrrole nitrogens is 1. The summed E-state index contributed by atoms with van der Waals surface area (Å²) in [5.41, 5.74) is 5.33. The van der Waals surface area contributed by atoms with Gasteiger partial charge >= 0.3 is 0 Å². The minimum atomic E-state index is 0.187. The van der Waals surface area contributed by atoms with E-state index in [9.17, 15) is 0 Å². The lowest BCUT2D eigenvalue weighted by Crippen LogP contribution is -2.03. The van der Waals surface area contributed by atoms with Crippen molar-refractivity contribution in [1.82, 2.24) is 15.2 Å². The summed E-state index contributed by atoms with van der Waals surface area (Å²) in [6, 6.07) is 0. The highest BCUT2D eigenvalue weighted by molar-refractivity contribution is 7.99. The molecule has 12 heavy (non-hydrogen) atoms. The van der Waals surface area contributed by atoms with Gasteiger partial charge in [-0.05, 0) is 5.92 Å². The van der Waals surface area contributed by atoms with Crippen LogP contribution >= 0.6 is 11.8 Å². The van der Waals surface area contributed by atoms with Crippen LogP contribution in [0.25, 0.3) is 0 Å². The van der Waals surface area contributed by atoms with Gasteiger partial charge in [-0.1, -0.05) is 18.7 Å². The fraction of sp³-hybridized carbons (Fsp3) is 0.667. The highest BCUT2D eigenvalue weighted by Crippen LogP contribution is 2.15. The van der Waals surface area contributed by atoms with Crippen molar-refractivity contribution in [3.8, 4) is 0 Å². The van der Waals surface area contributed by atoms with Crippen molar-refractivity contribution >= 4 is 17.7 Å². The van der Waals surface area contributed by atoms with E-state index in [-0.39, 0.29) is 12.5 Å². The van der Waals surface area contributed by atoms with Gasteiger partial charge in [0, 0.05) is 12.4 Å². The van der Waals surface area contributed by atoms with Crippen molar-refractivity contribution in [2.75, 3.05) is 18.1 Å². The van der Waals surface area contributed by atoms with Crippen LogP contribution < -0.4 is 5.73 Å². The number of nitrogens with one attached hydrogen (secondary N) is 1. The first-order chi connectivity index (χ1) is 5.72.